The van der Waals surface area contributed by atoms with Crippen molar-refractivity contribution in [2.75, 3.05) is 11.9 Å². The molecule has 0 aliphatic carbocycles. The van der Waals surface area contributed by atoms with Crippen LogP contribution < -0.4 is 10.6 Å². The van der Waals surface area contributed by atoms with Crippen molar-refractivity contribution in [2.45, 2.75) is 32.6 Å². The second kappa shape index (κ2) is 8.67. The van der Waals surface area contributed by atoms with Crippen LogP contribution in [0, 0.1) is 0 Å². The Morgan fingerprint density at radius 2 is 1.84 bits per heavy atom. The zero-order valence-electron chi connectivity index (χ0n) is 14.6. The number of aromatic amines is 1. The summed E-state index contributed by atoms with van der Waals surface area (Å²) in [7, 11) is 0. The molecule has 2 aromatic carbocycles. The lowest BCUT2D eigenvalue weighted by molar-refractivity contribution is 0.795. The van der Waals surface area contributed by atoms with Crippen LogP contribution in [0.5, 0.6) is 0 Å². The number of anilines is 1. The molecule has 4 heteroatoms. The third-order valence-corrected chi connectivity index (χ3v) is 4.63. The average molecular weight is 352 g/mol. The second-order valence-corrected chi connectivity index (χ2v) is 6.70. The number of aromatic nitrogens is 1. The molecule has 3 rings (SSSR count). The van der Waals surface area contributed by atoms with E-state index in [1.807, 2.05) is 6.07 Å². The molecule has 0 unspecified atom stereocenters. The summed E-state index contributed by atoms with van der Waals surface area (Å²) in [6.45, 7) is 3.03. The number of para-hydroxylation sites is 1. The summed E-state index contributed by atoms with van der Waals surface area (Å²) in [6, 6.07) is 16.9. The van der Waals surface area contributed by atoms with Crippen molar-refractivity contribution >= 4 is 33.9 Å². The first-order valence-corrected chi connectivity index (χ1v) is 9.36. The van der Waals surface area contributed by atoms with Gasteiger partial charge in [0.2, 0.25) is 0 Å². The minimum Gasteiger partial charge on any atom is -0.362 e. The van der Waals surface area contributed by atoms with E-state index in [2.05, 4.69) is 71.2 Å². The number of H-pyrrole nitrogens is 1. The van der Waals surface area contributed by atoms with Crippen LogP contribution in [0.4, 0.5) is 5.69 Å². The Bertz CT molecular complexity index is 821. The molecule has 0 saturated carbocycles. The molecule has 0 radical (unpaired) electrons. The zero-order valence-corrected chi connectivity index (χ0v) is 15.5. The van der Waals surface area contributed by atoms with Crippen LogP contribution in [0.25, 0.3) is 10.9 Å². The molecule has 1 heterocycles. The molecule has 0 saturated heterocycles. The van der Waals surface area contributed by atoms with E-state index in [0.29, 0.717) is 5.11 Å². The van der Waals surface area contributed by atoms with Crippen molar-refractivity contribution in [1.82, 2.24) is 10.3 Å². The highest BCUT2D eigenvalue weighted by atomic mass is 32.1. The Morgan fingerprint density at radius 3 is 2.64 bits per heavy atom. The second-order valence-electron chi connectivity index (χ2n) is 6.29. The molecular formula is C21H25N3S. The minimum atomic E-state index is 0.668. The number of rotatable bonds is 7. The SMILES string of the molecule is CCCCc1ccc(NC(=S)NCCc2c[nH]c3ccccc23)cc1. The molecule has 0 bridgehead atoms. The fourth-order valence-electron chi connectivity index (χ4n) is 2.96. The molecule has 0 aliphatic rings. The van der Waals surface area contributed by atoms with Crippen molar-refractivity contribution < 1.29 is 0 Å². The number of hydrogen-bond donors (Lipinski definition) is 3. The first-order valence-electron chi connectivity index (χ1n) is 8.95. The normalized spacial score (nSPS) is 10.8. The van der Waals surface area contributed by atoms with E-state index in [1.165, 1.54) is 34.9 Å². The summed E-state index contributed by atoms with van der Waals surface area (Å²) in [5, 5.41) is 8.50. The Balaban J connectivity index is 1.46. The summed E-state index contributed by atoms with van der Waals surface area (Å²) in [5.41, 5.74) is 4.91. The smallest absolute Gasteiger partial charge is 0.170 e. The first-order chi connectivity index (χ1) is 12.3. The summed E-state index contributed by atoms with van der Waals surface area (Å²) in [6.07, 6.45) is 6.62. The topological polar surface area (TPSA) is 39.8 Å². The van der Waals surface area contributed by atoms with Gasteiger partial charge in [-0.1, -0.05) is 43.7 Å². The quantitative estimate of drug-likeness (QED) is 0.522. The molecule has 130 valence electrons. The molecule has 0 aliphatic heterocycles. The lowest BCUT2D eigenvalue weighted by Crippen LogP contribution is -2.30. The van der Waals surface area contributed by atoms with Gasteiger partial charge in [0, 0.05) is 29.3 Å². The molecule has 0 atom stereocenters. The van der Waals surface area contributed by atoms with Crippen LogP contribution in [0.1, 0.15) is 30.9 Å². The predicted octanol–water partition coefficient (Wildman–Crippen LogP) is 5.04. The average Bonchev–Trinajstić information content (AvgIpc) is 3.04. The fraction of sp³-hybridized carbons (Fsp3) is 0.286. The Hall–Kier alpha value is -2.33. The summed E-state index contributed by atoms with van der Waals surface area (Å²) in [5.74, 6) is 0. The van der Waals surface area contributed by atoms with Crippen LogP contribution in [0.15, 0.2) is 54.7 Å². The van der Waals surface area contributed by atoms with Gasteiger partial charge in [-0.25, -0.2) is 0 Å². The van der Waals surface area contributed by atoms with E-state index >= 15 is 0 Å². The zero-order chi connectivity index (χ0) is 17.5. The molecular weight excluding hydrogens is 326 g/mol. The standard InChI is InChI=1S/C21H25N3S/c1-2-3-6-16-9-11-18(12-10-16)24-21(25)22-14-13-17-15-23-20-8-5-4-7-19(17)20/h4-5,7-12,15,23H,2-3,6,13-14H2,1H3,(H2,22,24,25). The summed E-state index contributed by atoms with van der Waals surface area (Å²) >= 11 is 5.40. The van der Waals surface area contributed by atoms with Crippen LogP contribution in [0.3, 0.4) is 0 Å². The van der Waals surface area contributed by atoms with Crippen molar-refractivity contribution in [3.63, 3.8) is 0 Å². The molecule has 0 fully saturated rings. The third kappa shape index (κ3) is 4.83. The number of hydrogen-bond acceptors (Lipinski definition) is 1. The summed E-state index contributed by atoms with van der Waals surface area (Å²) < 4.78 is 0. The third-order valence-electron chi connectivity index (χ3n) is 4.39. The lowest BCUT2D eigenvalue weighted by atomic mass is 10.1. The van der Waals surface area contributed by atoms with Gasteiger partial charge in [-0.2, -0.15) is 0 Å². The monoisotopic (exact) mass is 351 g/mol. The molecule has 1 aromatic heterocycles. The van der Waals surface area contributed by atoms with Crippen LogP contribution >= 0.6 is 12.2 Å². The van der Waals surface area contributed by atoms with Crippen molar-refractivity contribution in [3.8, 4) is 0 Å². The Labute approximate surface area is 154 Å². The van der Waals surface area contributed by atoms with Gasteiger partial charge in [0.05, 0.1) is 0 Å². The van der Waals surface area contributed by atoms with Gasteiger partial charge in [-0.05, 0) is 60.8 Å². The number of fused-ring (bicyclic) bond motifs is 1. The number of benzene rings is 2. The van der Waals surface area contributed by atoms with Gasteiger partial charge < -0.3 is 15.6 Å². The minimum absolute atomic E-state index is 0.668. The van der Waals surface area contributed by atoms with E-state index in [0.717, 1.165) is 25.1 Å². The van der Waals surface area contributed by atoms with Crippen LogP contribution in [-0.2, 0) is 12.8 Å². The highest BCUT2D eigenvalue weighted by Gasteiger charge is 2.03. The predicted molar refractivity (Wildman–Crippen MR) is 111 cm³/mol. The van der Waals surface area contributed by atoms with Gasteiger partial charge in [-0.15, -0.1) is 0 Å². The van der Waals surface area contributed by atoms with E-state index in [9.17, 15) is 0 Å². The van der Waals surface area contributed by atoms with Crippen molar-refractivity contribution in [1.29, 1.82) is 0 Å². The van der Waals surface area contributed by atoms with Crippen molar-refractivity contribution in [3.05, 3.63) is 65.9 Å². The lowest BCUT2D eigenvalue weighted by Gasteiger charge is -2.11. The molecule has 0 amide bonds. The first kappa shape index (κ1) is 17.5. The van der Waals surface area contributed by atoms with E-state index in [1.54, 1.807) is 0 Å². The molecule has 3 N–H and O–H groups in total. The maximum atomic E-state index is 5.40. The number of nitrogens with one attached hydrogen (secondary N) is 3. The molecule has 3 nitrogen and oxygen atoms in total. The van der Waals surface area contributed by atoms with Crippen molar-refractivity contribution in [2.24, 2.45) is 0 Å². The number of aryl methyl sites for hydroxylation is 1. The highest BCUT2D eigenvalue weighted by molar-refractivity contribution is 7.80. The van der Waals surface area contributed by atoms with Gasteiger partial charge in [-0.3, -0.25) is 0 Å². The van der Waals surface area contributed by atoms with Gasteiger partial charge in [0.15, 0.2) is 5.11 Å². The number of unbranched alkanes of at least 4 members (excludes halogenated alkanes) is 1. The maximum Gasteiger partial charge on any atom is 0.170 e. The molecule has 0 spiro atoms. The number of thiocarbonyl (C=S) groups is 1. The van der Waals surface area contributed by atoms with Gasteiger partial charge in [0.1, 0.15) is 0 Å². The maximum absolute atomic E-state index is 5.40. The van der Waals surface area contributed by atoms with Crippen LogP contribution in [0.2, 0.25) is 0 Å². The summed E-state index contributed by atoms with van der Waals surface area (Å²) in [4.78, 5) is 3.31. The molecule has 3 aromatic rings. The van der Waals surface area contributed by atoms with E-state index in [4.69, 9.17) is 12.2 Å². The molecule has 25 heavy (non-hydrogen) atoms. The van der Waals surface area contributed by atoms with E-state index < -0.39 is 0 Å². The largest absolute Gasteiger partial charge is 0.362 e. The van der Waals surface area contributed by atoms with Gasteiger partial charge in [0.25, 0.3) is 0 Å². The highest BCUT2D eigenvalue weighted by Crippen LogP contribution is 2.17. The van der Waals surface area contributed by atoms with Gasteiger partial charge >= 0.3 is 0 Å². The Morgan fingerprint density at radius 1 is 1.04 bits per heavy atom. The van der Waals surface area contributed by atoms with Crippen LogP contribution in [-0.4, -0.2) is 16.6 Å². The Kier molecular flexibility index (Phi) is 6.07. The fourth-order valence-corrected chi connectivity index (χ4v) is 3.18. The van der Waals surface area contributed by atoms with E-state index in [-0.39, 0.29) is 0 Å².